The van der Waals surface area contributed by atoms with Gasteiger partial charge in [-0.2, -0.15) is 0 Å². The van der Waals surface area contributed by atoms with Gasteiger partial charge in [0.05, 0.1) is 19.0 Å². The Morgan fingerprint density at radius 1 is 1.50 bits per heavy atom. The van der Waals surface area contributed by atoms with Gasteiger partial charge in [0, 0.05) is 18.3 Å². The van der Waals surface area contributed by atoms with Gasteiger partial charge in [0.2, 0.25) is 0 Å². The Morgan fingerprint density at radius 3 is 2.62 bits per heavy atom. The van der Waals surface area contributed by atoms with Gasteiger partial charge < -0.3 is 10.1 Å². The number of ether oxygens (including phenoxy) is 1. The van der Waals surface area contributed by atoms with Gasteiger partial charge in [0.1, 0.15) is 0 Å². The highest BCUT2D eigenvalue weighted by Crippen LogP contribution is 1.94. The lowest BCUT2D eigenvalue weighted by molar-refractivity contribution is 0.156. The maximum Gasteiger partial charge on any atom is 0.151 e. The molecule has 1 N–H and O–H groups in total. The van der Waals surface area contributed by atoms with E-state index in [1.807, 2.05) is 13.8 Å². The van der Waals surface area contributed by atoms with Crippen LogP contribution in [0.1, 0.15) is 20.8 Å². The molecule has 1 atom stereocenters. The third-order valence-corrected chi connectivity index (χ3v) is 3.92. The van der Waals surface area contributed by atoms with Crippen LogP contribution in [0.5, 0.6) is 0 Å². The van der Waals surface area contributed by atoms with Crippen LogP contribution in [0.2, 0.25) is 0 Å². The summed E-state index contributed by atoms with van der Waals surface area (Å²) < 4.78 is 27.9. The van der Waals surface area contributed by atoms with Gasteiger partial charge in [-0.3, -0.25) is 0 Å². The van der Waals surface area contributed by atoms with E-state index in [0.29, 0.717) is 19.8 Å². The van der Waals surface area contributed by atoms with Crippen molar-refractivity contribution in [2.24, 2.45) is 0 Å². The summed E-state index contributed by atoms with van der Waals surface area (Å²) in [5.74, 6) is 0.384. The Labute approximate surface area is 99.0 Å². The first kappa shape index (κ1) is 15.6. The standard InChI is InChI=1S/C11H23NO3S/c1-5-16(13,14)9-11(4)12-6-7-15-8-10(2)3/h11-12H,2,5-9H2,1,3-4H3. The van der Waals surface area contributed by atoms with Gasteiger partial charge >= 0.3 is 0 Å². The molecule has 0 aliphatic rings. The molecule has 0 aliphatic carbocycles. The van der Waals surface area contributed by atoms with Crippen LogP contribution in [0, 0.1) is 0 Å². The fraction of sp³-hybridized carbons (Fsp3) is 0.818. The second kappa shape index (κ2) is 7.81. The summed E-state index contributed by atoms with van der Waals surface area (Å²) in [5, 5.41) is 3.11. The molecule has 0 fully saturated rings. The number of rotatable bonds is 9. The first-order valence-corrected chi connectivity index (χ1v) is 7.35. The van der Waals surface area contributed by atoms with E-state index in [9.17, 15) is 8.42 Å². The second-order valence-corrected chi connectivity index (χ2v) is 6.46. The van der Waals surface area contributed by atoms with E-state index in [0.717, 1.165) is 5.57 Å². The van der Waals surface area contributed by atoms with Crippen molar-refractivity contribution in [3.8, 4) is 0 Å². The van der Waals surface area contributed by atoms with Crippen LogP contribution in [0.3, 0.4) is 0 Å². The quantitative estimate of drug-likeness (QED) is 0.489. The smallest absolute Gasteiger partial charge is 0.151 e. The molecule has 0 rings (SSSR count). The molecule has 5 heteroatoms. The highest BCUT2D eigenvalue weighted by molar-refractivity contribution is 7.91. The summed E-state index contributed by atoms with van der Waals surface area (Å²) >= 11 is 0. The summed E-state index contributed by atoms with van der Waals surface area (Å²) in [6, 6.07) is -0.0293. The van der Waals surface area contributed by atoms with E-state index in [1.165, 1.54) is 0 Å². The second-order valence-electron chi connectivity index (χ2n) is 4.06. The fourth-order valence-corrected chi connectivity index (χ4v) is 2.30. The van der Waals surface area contributed by atoms with Crippen molar-refractivity contribution in [1.82, 2.24) is 5.32 Å². The van der Waals surface area contributed by atoms with E-state index in [-0.39, 0.29) is 17.5 Å². The number of sulfone groups is 1. The molecule has 0 spiro atoms. The van der Waals surface area contributed by atoms with Crippen molar-refractivity contribution in [2.45, 2.75) is 26.8 Å². The van der Waals surface area contributed by atoms with Crippen LogP contribution in [-0.2, 0) is 14.6 Å². The predicted octanol–water partition coefficient (Wildman–Crippen LogP) is 0.992. The Hall–Kier alpha value is -0.390. The van der Waals surface area contributed by atoms with Crippen LogP contribution in [0.15, 0.2) is 12.2 Å². The minimum Gasteiger partial charge on any atom is -0.376 e. The Bertz CT molecular complexity index is 298. The largest absolute Gasteiger partial charge is 0.376 e. The maximum absolute atomic E-state index is 11.3. The fourth-order valence-electron chi connectivity index (χ4n) is 1.18. The van der Waals surface area contributed by atoms with Crippen molar-refractivity contribution >= 4 is 9.84 Å². The van der Waals surface area contributed by atoms with Crippen molar-refractivity contribution in [2.75, 3.05) is 31.3 Å². The van der Waals surface area contributed by atoms with Crippen LogP contribution < -0.4 is 5.32 Å². The minimum absolute atomic E-state index is 0.0293. The lowest BCUT2D eigenvalue weighted by Gasteiger charge is -2.13. The molecular weight excluding hydrogens is 226 g/mol. The minimum atomic E-state index is -2.89. The third kappa shape index (κ3) is 8.88. The first-order valence-electron chi connectivity index (χ1n) is 5.53. The zero-order valence-electron chi connectivity index (χ0n) is 10.5. The number of hydrogen-bond acceptors (Lipinski definition) is 4. The van der Waals surface area contributed by atoms with Crippen LogP contribution in [0.25, 0.3) is 0 Å². The normalized spacial score (nSPS) is 13.7. The zero-order valence-corrected chi connectivity index (χ0v) is 11.3. The number of hydrogen-bond donors (Lipinski definition) is 1. The highest BCUT2D eigenvalue weighted by atomic mass is 32.2. The SMILES string of the molecule is C=C(C)COCCNC(C)CS(=O)(=O)CC. The van der Waals surface area contributed by atoms with Gasteiger partial charge in [-0.1, -0.05) is 19.1 Å². The molecule has 0 aromatic carbocycles. The molecule has 0 aromatic heterocycles. The van der Waals surface area contributed by atoms with Gasteiger partial charge in [-0.25, -0.2) is 8.42 Å². The monoisotopic (exact) mass is 249 g/mol. The predicted molar refractivity (Wildman–Crippen MR) is 67.4 cm³/mol. The molecule has 0 amide bonds. The van der Waals surface area contributed by atoms with E-state index < -0.39 is 9.84 Å². The van der Waals surface area contributed by atoms with Gasteiger partial charge in [0.25, 0.3) is 0 Å². The molecule has 0 saturated heterocycles. The molecular formula is C11H23NO3S. The first-order chi connectivity index (χ1) is 7.37. The van der Waals surface area contributed by atoms with E-state index in [4.69, 9.17) is 4.74 Å². The van der Waals surface area contributed by atoms with Crippen LogP contribution in [-0.4, -0.2) is 45.7 Å². The molecule has 16 heavy (non-hydrogen) atoms. The zero-order chi connectivity index (χ0) is 12.6. The summed E-state index contributed by atoms with van der Waals surface area (Å²) in [4.78, 5) is 0. The summed E-state index contributed by atoms with van der Waals surface area (Å²) in [6.07, 6.45) is 0. The van der Waals surface area contributed by atoms with Gasteiger partial charge in [-0.05, 0) is 13.8 Å². The Balaban J connectivity index is 3.59. The molecule has 0 bridgehead atoms. The summed E-state index contributed by atoms with van der Waals surface area (Å²) in [7, 11) is -2.89. The van der Waals surface area contributed by atoms with E-state index in [2.05, 4.69) is 11.9 Å². The van der Waals surface area contributed by atoms with E-state index in [1.54, 1.807) is 6.92 Å². The molecule has 1 unspecified atom stereocenters. The molecule has 0 saturated carbocycles. The third-order valence-electron chi connectivity index (χ3n) is 2.03. The molecule has 4 nitrogen and oxygen atoms in total. The topological polar surface area (TPSA) is 55.4 Å². The average Bonchev–Trinajstić information content (AvgIpc) is 2.16. The lowest BCUT2D eigenvalue weighted by Crippen LogP contribution is -2.35. The van der Waals surface area contributed by atoms with Crippen molar-refractivity contribution in [3.63, 3.8) is 0 Å². The van der Waals surface area contributed by atoms with Crippen LogP contribution >= 0.6 is 0 Å². The molecule has 96 valence electrons. The number of nitrogens with one attached hydrogen (secondary N) is 1. The molecule has 0 aliphatic heterocycles. The van der Waals surface area contributed by atoms with Gasteiger partial charge in [-0.15, -0.1) is 0 Å². The summed E-state index contributed by atoms with van der Waals surface area (Å²) in [6.45, 7) is 11.0. The van der Waals surface area contributed by atoms with Crippen molar-refractivity contribution in [1.29, 1.82) is 0 Å². The molecule has 0 heterocycles. The highest BCUT2D eigenvalue weighted by Gasteiger charge is 2.12. The summed E-state index contributed by atoms with van der Waals surface area (Å²) in [5.41, 5.74) is 0.988. The van der Waals surface area contributed by atoms with Gasteiger partial charge in [0.15, 0.2) is 9.84 Å². The van der Waals surface area contributed by atoms with E-state index >= 15 is 0 Å². The lowest BCUT2D eigenvalue weighted by atomic mass is 10.4. The Kier molecular flexibility index (Phi) is 7.62. The Morgan fingerprint density at radius 2 is 2.12 bits per heavy atom. The van der Waals surface area contributed by atoms with Crippen molar-refractivity contribution < 1.29 is 13.2 Å². The van der Waals surface area contributed by atoms with Crippen LogP contribution in [0.4, 0.5) is 0 Å². The molecule has 0 radical (unpaired) electrons. The maximum atomic E-state index is 11.3. The van der Waals surface area contributed by atoms with Crippen molar-refractivity contribution in [3.05, 3.63) is 12.2 Å². The average molecular weight is 249 g/mol. The molecule has 0 aromatic rings.